The van der Waals surface area contributed by atoms with E-state index in [1.807, 2.05) is 19.1 Å². The molecule has 0 atom stereocenters. The average molecular weight is 272 g/mol. The Kier molecular flexibility index (Phi) is 4.44. The lowest BCUT2D eigenvalue weighted by Crippen LogP contribution is -2.14. The third kappa shape index (κ3) is 3.40. The van der Waals surface area contributed by atoms with Crippen LogP contribution in [-0.2, 0) is 13.1 Å². The van der Waals surface area contributed by atoms with Gasteiger partial charge >= 0.3 is 0 Å². The highest BCUT2D eigenvalue weighted by Crippen LogP contribution is 2.12. The van der Waals surface area contributed by atoms with Crippen LogP contribution in [0.3, 0.4) is 0 Å². The lowest BCUT2D eigenvalue weighted by molar-refractivity contribution is 0.560. The van der Waals surface area contributed by atoms with Crippen LogP contribution in [0.5, 0.6) is 0 Å². The zero-order valence-corrected chi connectivity index (χ0v) is 11.1. The van der Waals surface area contributed by atoms with E-state index < -0.39 is 11.6 Å². The highest BCUT2D eigenvalue weighted by atomic mass is 19.1. The molecule has 0 aliphatic rings. The summed E-state index contributed by atoms with van der Waals surface area (Å²) in [6.07, 6.45) is 0. The van der Waals surface area contributed by atoms with Crippen molar-refractivity contribution in [2.45, 2.75) is 20.0 Å². The summed E-state index contributed by atoms with van der Waals surface area (Å²) in [7, 11) is 0. The van der Waals surface area contributed by atoms with Crippen LogP contribution >= 0.6 is 0 Å². The lowest BCUT2D eigenvalue weighted by Gasteiger charge is -2.09. The Morgan fingerprint density at radius 1 is 1.05 bits per heavy atom. The molecule has 102 valence electrons. The summed E-state index contributed by atoms with van der Waals surface area (Å²) < 4.78 is 26.2. The minimum atomic E-state index is -0.575. The van der Waals surface area contributed by atoms with Crippen molar-refractivity contribution >= 4 is 0 Å². The van der Waals surface area contributed by atoms with Gasteiger partial charge in [-0.2, -0.15) is 5.26 Å². The van der Waals surface area contributed by atoms with Crippen molar-refractivity contribution in [2.24, 2.45) is 0 Å². The van der Waals surface area contributed by atoms with Crippen molar-refractivity contribution in [1.82, 2.24) is 5.32 Å². The fraction of sp³-hybridized carbons (Fsp3) is 0.188. The highest BCUT2D eigenvalue weighted by Gasteiger charge is 2.04. The van der Waals surface area contributed by atoms with E-state index in [0.29, 0.717) is 24.2 Å². The summed E-state index contributed by atoms with van der Waals surface area (Å²) in [5.41, 5.74) is 3.11. The van der Waals surface area contributed by atoms with Crippen molar-refractivity contribution in [3.05, 3.63) is 70.3 Å². The molecule has 0 bridgehead atoms. The van der Waals surface area contributed by atoms with Crippen LogP contribution in [0.15, 0.2) is 36.4 Å². The molecule has 0 aliphatic heterocycles. The molecule has 0 aliphatic carbocycles. The van der Waals surface area contributed by atoms with Crippen molar-refractivity contribution < 1.29 is 8.78 Å². The lowest BCUT2D eigenvalue weighted by atomic mass is 10.1. The number of hydrogen-bond donors (Lipinski definition) is 1. The Balaban J connectivity index is 1.98. The Hall–Kier alpha value is -2.25. The summed E-state index contributed by atoms with van der Waals surface area (Å²) in [5, 5.41) is 11.9. The average Bonchev–Trinajstić information content (AvgIpc) is 2.42. The van der Waals surface area contributed by atoms with Crippen molar-refractivity contribution in [1.29, 1.82) is 5.26 Å². The second-order valence-corrected chi connectivity index (χ2v) is 4.59. The maximum Gasteiger partial charge on any atom is 0.130 e. The molecule has 20 heavy (non-hydrogen) atoms. The van der Waals surface area contributed by atoms with Gasteiger partial charge in [-0.25, -0.2) is 8.78 Å². The Morgan fingerprint density at radius 3 is 2.40 bits per heavy atom. The van der Waals surface area contributed by atoms with Gasteiger partial charge in [0.25, 0.3) is 0 Å². The molecule has 0 heterocycles. The standard InChI is InChI=1S/C16H14F2N2/c1-11-6-12(8-19)2-3-13(11)9-20-10-14-4-5-15(17)7-16(14)18/h2-7,20H,9-10H2,1H3. The van der Waals surface area contributed by atoms with E-state index in [2.05, 4.69) is 11.4 Å². The molecule has 0 unspecified atom stereocenters. The van der Waals surface area contributed by atoms with Crippen LogP contribution in [-0.4, -0.2) is 0 Å². The first-order valence-electron chi connectivity index (χ1n) is 6.24. The molecule has 1 N–H and O–H groups in total. The minimum Gasteiger partial charge on any atom is -0.309 e. The van der Waals surface area contributed by atoms with Crippen LogP contribution in [0.1, 0.15) is 22.3 Å². The minimum absolute atomic E-state index is 0.325. The third-order valence-corrected chi connectivity index (χ3v) is 3.12. The second-order valence-electron chi connectivity index (χ2n) is 4.59. The monoisotopic (exact) mass is 272 g/mol. The molecule has 0 amide bonds. The van der Waals surface area contributed by atoms with Gasteiger partial charge in [-0.05, 0) is 36.2 Å². The maximum atomic E-state index is 13.4. The fourth-order valence-electron chi connectivity index (χ4n) is 1.96. The van der Waals surface area contributed by atoms with Crippen LogP contribution in [0.4, 0.5) is 8.78 Å². The van der Waals surface area contributed by atoms with E-state index in [0.717, 1.165) is 17.2 Å². The van der Waals surface area contributed by atoms with E-state index in [4.69, 9.17) is 5.26 Å². The summed E-state index contributed by atoms with van der Waals surface area (Å²) in [6.45, 7) is 2.82. The van der Waals surface area contributed by atoms with Crippen LogP contribution < -0.4 is 5.32 Å². The largest absolute Gasteiger partial charge is 0.309 e. The first kappa shape index (κ1) is 14.2. The molecular formula is C16H14F2N2. The predicted octanol–water partition coefficient (Wildman–Crippen LogP) is 3.43. The van der Waals surface area contributed by atoms with E-state index >= 15 is 0 Å². The molecule has 2 rings (SSSR count). The first-order valence-corrected chi connectivity index (χ1v) is 6.24. The first-order chi connectivity index (χ1) is 9.60. The van der Waals surface area contributed by atoms with Crippen LogP contribution in [0.25, 0.3) is 0 Å². The van der Waals surface area contributed by atoms with E-state index in [1.165, 1.54) is 12.1 Å². The van der Waals surface area contributed by atoms with Gasteiger partial charge in [-0.3, -0.25) is 0 Å². The van der Waals surface area contributed by atoms with Gasteiger partial charge in [0.05, 0.1) is 11.6 Å². The van der Waals surface area contributed by atoms with Gasteiger partial charge in [-0.1, -0.05) is 12.1 Å². The fourth-order valence-corrected chi connectivity index (χ4v) is 1.96. The summed E-state index contributed by atoms with van der Waals surface area (Å²) >= 11 is 0. The van der Waals surface area contributed by atoms with Crippen LogP contribution in [0, 0.1) is 29.9 Å². The molecule has 2 nitrogen and oxygen atoms in total. The number of rotatable bonds is 4. The SMILES string of the molecule is Cc1cc(C#N)ccc1CNCc1ccc(F)cc1F. The Labute approximate surface area is 116 Å². The third-order valence-electron chi connectivity index (χ3n) is 3.12. The Bertz CT molecular complexity index is 660. The van der Waals surface area contributed by atoms with Gasteiger partial charge in [0.1, 0.15) is 11.6 Å². The van der Waals surface area contributed by atoms with Gasteiger partial charge in [-0.15, -0.1) is 0 Å². The van der Waals surface area contributed by atoms with Crippen LogP contribution in [0.2, 0.25) is 0 Å². The van der Waals surface area contributed by atoms with Gasteiger partial charge in [0.2, 0.25) is 0 Å². The number of benzene rings is 2. The van der Waals surface area contributed by atoms with Gasteiger partial charge < -0.3 is 5.32 Å². The van der Waals surface area contributed by atoms with Crippen molar-refractivity contribution in [3.8, 4) is 6.07 Å². The molecule has 4 heteroatoms. The molecular weight excluding hydrogens is 258 g/mol. The summed E-state index contributed by atoms with van der Waals surface area (Å²) in [6, 6.07) is 11.1. The number of halogens is 2. The molecule has 0 radical (unpaired) electrons. The predicted molar refractivity (Wildman–Crippen MR) is 72.8 cm³/mol. The Morgan fingerprint density at radius 2 is 1.75 bits per heavy atom. The zero-order chi connectivity index (χ0) is 14.5. The van der Waals surface area contributed by atoms with E-state index in [1.54, 1.807) is 6.07 Å². The number of nitriles is 1. The van der Waals surface area contributed by atoms with E-state index in [9.17, 15) is 8.78 Å². The second kappa shape index (κ2) is 6.27. The zero-order valence-electron chi connectivity index (χ0n) is 11.1. The highest BCUT2D eigenvalue weighted by molar-refractivity contribution is 5.37. The van der Waals surface area contributed by atoms with Crippen molar-refractivity contribution in [3.63, 3.8) is 0 Å². The molecule has 2 aromatic carbocycles. The smallest absolute Gasteiger partial charge is 0.130 e. The summed E-state index contributed by atoms with van der Waals surface area (Å²) in [5.74, 6) is -1.12. The maximum absolute atomic E-state index is 13.4. The molecule has 2 aromatic rings. The topological polar surface area (TPSA) is 35.8 Å². The van der Waals surface area contributed by atoms with E-state index in [-0.39, 0.29) is 0 Å². The quantitative estimate of drug-likeness (QED) is 0.925. The molecule has 0 fully saturated rings. The van der Waals surface area contributed by atoms with Gasteiger partial charge in [0.15, 0.2) is 0 Å². The molecule has 0 spiro atoms. The van der Waals surface area contributed by atoms with Crippen molar-refractivity contribution in [2.75, 3.05) is 0 Å². The molecule has 0 aromatic heterocycles. The number of hydrogen-bond acceptors (Lipinski definition) is 2. The van der Waals surface area contributed by atoms with Gasteiger partial charge in [0, 0.05) is 24.7 Å². The molecule has 0 saturated carbocycles. The molecule has 0 saturated heterocycles. The normalized spacial score (nSPS) is 10.3. The number of aryl methyl sites for hydroxylation is 1. The number of nitrogens with zero attached hydrogens (tertiary/aromatic N) is 1. The summed E-state index contributed by atoms with van der Waals surface area (Å²) in [4.78, 5) is 0. The number of nitrogens with one attached hydrogen (secondary N) is 1.